The third-order valence-electron chi connectivity index (χ3n) is 4.78. The Bertz CT molecular complexity index is 900. The zero-order valence-electron chi connectivity index (χ0n) is 14.6. The number of halogens is 1. The van der Waals surface area contributed by atoms with E-state index in [2.05, 4.69) is 16.8 Å². The van der Waals surface area contributed by atoms with Crippen molar-refractivity contribution < 1.29 is 9.90 Å². The van der Waals surface area contributed by atoms with E-state index in [0.29, 0.717) is 29.1 Å². The molecule has 0 spiro atoms. The molecule has 0 unspecified atom stereocenters. The number of hydrogen-bond acceptors (Lipinski definition) is 3. The highest BCUT2D eigenvalue weighted by atomic mass is 35.5. The van der Waals surface area contributed by atoms with E-state index in [1.807, 2.05) is 18.2 Å². The van der Waals surface area contributed by atoms with E-state index >= 15 is 0 Å². The van der Waals surface area contributed by atoms with Gasteiger partial charge in [0.25, 0.3) is 5.91 Å². The summed E-state index contributed by atoms with van der Waals surface area (Å²) in [6.45, 7) is 1.78. The maximum Gasteiger partial charge on any atom is 0.250 e. The molecule has 26 heavy (non-hydrogen) atoms. The van der Waals surface area contributed by atoms with Crippen LogP contribution in [0.5, 0.6) is 0 Å². The molecular weight excluding hydrogens is 348 g/mol. The lowest BCUT2D eigenvalue weighted by Gasteiger charge is -2.33. The van der Waals surface area contributed by atoms with Crippen molar-refractivity contribution in [3.05, 3.63) is 63.9 Å². The fourth-order valence-electron chi connectivity index (χ4n) is 3.44. The zero-order valence-corrected chi connectivity index (χ0v) is 15.4. The molecule has 134 valence electrons. The van der Waals surface area contributed by atoms with Crippen molar-refractivity contribution in [3.63, 3.8) is 0 Å². The topological polar surface area (TPSA) is 76.2 Å². The van der Waals surface area contributed by atoms with Gasteiger partial charge in [0.1, 0.15) is 5.60 Å². The second kappa shape index (κ2) is 7.49. The van der Waals surface area contributed by atoms with Gasteiger partial charge < -0.3 is 10.8 Å². The number of aromatic nitrogens is 1. The summed E-state index contributed by atoms with van der Waals surface area (Å²) in [6, 6.07) is 10.8. The molecule has 1 saturated carbocycles. The molecule has 0 saturated heterocycles. The van der Waals surface area contributed by atoms with E-state index in [9.17, 15) is 9.90 Å². The van der Waals surface area contributed by atoms with Crippen LogP contribution in [0.1, 0.15) is 58.9 Å². The Morgan fingerprint density at radius 2 is 2.19 bits per heavy atom. The van der Waals surface area contributed by atoms with Crippen LogP contribution in [-0.2, 0) is 0 Å². The van der Waals surface area contributed by atoms with Crippen LogP contribution in [-0.4, -0.2) is 21.6 Å². The van der Waals surface area contributed by atoms with Gasteiger partial charge in [-0.15, -0.1) is 0 Å². The Morgan fingerprint density at radius 3 is 2.88 bits per heavy atom. The highest BCUT2D eigenvalue weighted by Crippen LogP contribution is 2.38. The van der Waals surface area contributed by atoms with Crippen molar-refractivity contribution in [1.82, 2.24) is 4.98 Å². The third kappa shape index (κ3) is 4.24. The number of nitrogens with zero attached hydrogens (tertiary/aromatic N) is 1. The molecule has 1 aromatic carbocycles. The number of nitrogens with two attached hydrogens (primary N) is 1. The minimum absolute atomic E-state index is 0.100. The van der Waals surface area contributed by atoms with E-state index in [4.69, 9.17) is 17.3 Å². The number of hydrogen-bond donors (Lipinski definition) is 2. The van der Waals surface area contributed by atoms with Crippen molar-refractivity contribution >= 4 is 17.5 Å². The summed E-state index contributed by atoms with van der Waals surface area (Å²) in [7, 11) is 0. The highest BCUT2D eigenvalue weighted by molar-refractivity contribution is 6.30. The average Bonchev–Trinajstić information content (AvgIpc) is 2.60. The number of aryl methyl sites for hydroxylation is 1. The van der Waals surface area contributed by atoms with E-state index in [1.54, 1.807) is 25.1 Å². The SMILES string of the molecule is Cc1nc([C@H]2CCC[C@@](O)(C#Cc3cccc(Cl)c3)C2)ccc1C(N)=O. The Morgan fingerprint density at radius 1 is 1.38 bits per heavy atom. The number of carbonyl (C=O) groups is 1. The Labute approximate surface area is 158 Å². The Hall–Kier alpha value is -2.35. The maximum atomic E-state index is 11.4. The molecule has 1 aliphatic rings. The summed E-state index contributed by atoms with van der Waals surface area (Å²) < 4.78 is 0. The molecule has 1 aromatic heterocycles. The van der Waals surface area contributed by atoms with Gasteiger partial charge in [0.15, 0.2) is 0 Å². The van der Waals surface area contributed by atoms with Gasteiger partial charge in [0.2, 0.25) is 0 Å². The smallest absolute Gasteiger partial charge is 0.250 e. The van der Waals surface area contributed by atoms with Crippen LogP contribution in [0.4, 0.5) is 0 Å². The Kier molecular flexibility index (Phi) is 5.31. The first-order valence-electron chi connectivity index (χ1n) is 8.65. The molecule has 5 heteroatoms. The largest absolute Gasteiger partial charge is 0.378 e. The van der Waals surface area contributed by atoms with Crippen molar-refractivity contribution in [3.8, 4) is 11.8 Å². The van der Waals surface area contributed by atoms with E-state index in [-0.39, 0.29) is 5.92 Å². The summed E-state index contributed by atoms with van der Waals surface area (Å²) in [5.41, 5.74) is 7.00. The molecule has 0 bridgehead atoms. The highest BCUT2D eigenvalue weighted by Gasteiger charge is 2.34. The normalized spacial score (nSPS) is 22.3. The van der Waals surface area contributed by atoms with Crippen LogP contribution >= 0.6 is 11.6 Å². The summed E-state index contributed by atoms with van der Waals surface area (Å²) in [4.78, 5) is 15.9. The molecule has 0 aliphatic heterocycles. The van der Waals surface area contributed by atoms with Gasteiger partial charge in [-0.3, -0.25) is 9.78 Å². The molecule has 1 fully saturated rings. The number of primary amides is 1. The summed E-state index contributed by atoms with van der Waals surface area (Å²) in [6.07, 6.45) is 2.95. The maximum absolute atomic E-state index is 11.4. The molecule has 2 atom stereocenters. The van der Waals surface area contributed by atoms with Gasteiger partial charge in [-0.05, 0) is 62.9 Å². The van der Waals surface area contributed by atoms with E-state index in [0.717, 1.165) is 24.1 Å². The van der Waals surface area contributed by atoms with Gasteiger partial charge in [-0.2, -0.15) is 0 Å². The monoisotopic (exact) mass is 368 g/mol. The zero-order chi connectivity index (χ0) is 18.7. The van der Waals surface area contributed by atoms with Gasteiger partial charge in [-0.1, -0.05) is 29.5 Å². The molecule has 0 radical (unpaired) electrons. The van der Waals surface area contributed by atoms with Crippen LogP contribution in [0, 0.1) is 18.8 Å². The second-order valence-corrected chi connectivity index (χ2v) is 7.25. The number of amides is 1. The van der Waals surface area contributed by atoms with Gasteiger partial charge in [0, 0.05) is 22.2 Å². The lowest BCUT2D eigenvalue weighted by atomic mass is 9.76. The number of benzene rings is 1. The molecule has 4 nitrogen and oxygen atoms in total. The molecule has 1 aliphatic carbocycles. The first-order chi connectivity index (χ1) is 12.4. The number of rotatable bonds is 2. The van der Waals surface area contributed by atoms with Crippen LogP contribution < -0.4 is 5.73 Å². The minimum atomic E-state index is -1.05. The average molecular weight is 369 g/mol. The number of pyridine rings is 1. The molecule has 1 amide bonds. The first kappa shape index (κ1) is 18.4. The summed E-state index contributed by atoms with van der Waals surface area (Å²) in [5, 5.41) is 11.6. The standard InChI is InChI=1S/C21H21ClN2O2/c1-14-18(20(23)25)7-8-19(24-14)16-5-3-10-21(26,13-16)11-9-15-4-2-6-17(22)12-15/h2,4,6-8,12,16,26H,3,5,10,13H2,1H3,(H2,23,25)/t16-,21+/m0/s1. The van der Waals surface area contributed by atoms with E-state index in [1.165, 1.54) is 0 Å². The molecule has 1 heterocycles. The van der Waals surface area contributed by atoms with Crippen LogP contribution in [0.25, 0.3) is 0 Å². The molecule has 2 aromatic rings. The molecular formula is C21H21ClN2O2. The van der Waals surface area contributed by atoms with Crippen LogP contribution in [0.2, 0.25) is 5.02 Å². The summed E-state index contributed by atoms with van der Waals surface area (Å²) in [5.74, 6) is 5.69. The van der Waals surface area contributed by atoms with Gasteiger partial charge in [0.05, 0.1) is 11.3 Å². The van der Waals surface area contributed by atoms with E-state index < -0.39 is 11.5 Å². The first-order valence-corrected chi connectivity index (χ1v) is 9.02. The predicted octanol–water partition coefficient (Wildman–Crippen LogP) is 3.58. The lowest BCUT2D eigenvalue weighted by molar-refractivity contribution is 0.0513. The molecule has 3 rings (SSSR count). The fourth-order valence-corrected chi connectivity index (χ4v) is 3.63. The number of aliphatic hydroxyl groups is 1. The lowest BCUT2D eigenvalue weighted by Crippen LogP contribution is -2.33. The van der Waals surface area contributed by atoms with Gasteiger partial charge in [-0.25, -0.2) is 0 Å². The number of carbonyl (C=O) groups excluding carboxylic acids is 1. The fraction of sp³-hybridized carbons (Fsp3) is 0.333. The summed E-state index contributed by atoms with van der Waals surface area (Å²) >= 11 is 5.98. The molecule has 3 N–H and O–H groups in total. The van der Waals surface area contributed by atoms with Crippen molar-refractivity contribution in [2.45, 2.75) is 44.1 Å². The van der Waals surface area contributed by atoms with Crippen molar-refractivity contribution in [2.24, 2.45) is 5.73 Å². The van der Waals surface area contributed by atoms with Crippen LogP contribution in [0.15, 0.2) is 36.4 Å². The van der Waals surface area contributed by atoms with Gasteiger partial charge >= 0.3 is 0 Å². The van der Waals surface area contributed by atoms with Crippen molar-refractivity contribution in [1.29, 1.82) is 0 Å². The third-order valence-corrected chi connectivity index (χ3v) is 5.02. The minimum Gasteiger partial charge on any atom is -0.378 e. The Balaban J connectivity index is 1.81. The van der Waals surface area contributed by atoms with Crippen molar-refractivity contribution in [2.75, 3.05) is 0 Å². The van der Waals surface area contributed by atoms with Crippen LogP contribution in [0.3, 0.4) is 0 Å². The second-order valence-electron chi connectivity index (χ2n) is 6.82. The quantitative estimate of drug-likeness (QED) is 0.795. The predicted molar refractivity (Wildman–Crippen MR) is 102 cm³/mol.